The minimum atomic E-state index is 0.0456. The van der Waals surface area contributed by atoms with Gasteiger partial charge in [-0.2, -0.15) is 0 Å². The second kappa shape index (κ2) is 8.86. The van der Waals surface area contributed by atoms with Crippen LogP contribution in [0.25, 0.3) is 0 Å². The molecule has 0 saturated heterocycles. The van der Waals surface area contributed by atoms with E-state index in [1.807, 2.05) is 36.2 Å². The van der Waals surface area contributed by atoms with E-state index < -0.39 is 0 Å². The lowest BCUT2D eigenvalue weighted by molar-refractivity contribution is -0.122. The smallest absolute Gasteiger partial charge is 0.234 e. The Hall–Kier alpha value is -1.84. The fourth-order valence-corrected chi connectivity index (χ4v) is 2.92. The van der Waals surface area contributed by atoms with Gasteiger partial charge in [0.25, 0.3) is 0 Å². The summed E-state index contributed by atoms with van der Waals surface area (Å²) in [6.07, 6.45) is 0.785. The zero-order valence-corrected chi connectivity index (χ0v) is 15.4. The molecule has 3 nitrogen and oxygen atoms in total. The quantitative estimate of drug-likeness (QED) is 0.829. The Morgan fingerprint density at radius 3 is 2.67 bits per heavy atom. The number of carbonyl (C=O) groups is 1. The van der Waals surface area contributed by atoms with Crippen molar-refractivity contribution in [3.8, 4) is 0 Å². The monoisotopic (exact) mass is 344 g/mol. The van der Waals surface area contributed by atoms with Crippen molar-refractivity contribution in [1.82, 2.24) is 10.2 Å². The highest BCUT2D eigenvalue weighted by Gasteiger charge is 2.08. The first-order valence-corrected chi connectivity index (χ1v) is 8.57. The molecular weight excluding hydrogens is 320 g/mol. The third-order valence-electron chi connectivity index (χ3n) is 3.98. The maximum Gasteiger partial charge on any atom is 0.234 e. The van der Waals surface area contributed by atoms with E-state index in [2.05, 4.69) is 37.4 Å². The van der Waals surface area contributed by atoms with Gasteiger partial charge < -0.3 is 5.32 Å². The molecule has 2 rings (SSSR count). The van der Waals surface area contributed by atoms with Crippen molar-refractivity contribution in [2.45, 2.75) is 26.8 Å². The van der Waals surface area contributed by atoms with Crippen molar-refractivity contribution in [2.75, 3.05) is 20.1 Å². The average Bonchev–Trinajstić information content (AvgIpc) is 2.50. The summed E-state index contributed by atoms with van der Waals surface area (Å²) in [4.78, 5) is 14.1. The molecule has 0 spiro atoms. The van der Waals surface area contributed by atoms with E-state index >= 15 is 0 Å². The molecular formula is C20H25ClN2O. The first kappa shape index (κ1) is 18.5. The molecule has 4 heteroatoms. The summed E-state index contributed by atoms with van der Waals surface area (Å²) in [6, 6.07) is 14.2. The number of hydrogen-bond acceptors (Lipinski definition) is 2. The summed E-state index contributed by atoms with van der Waals surface area (Å²) in [5.74, 6) is 0.0456. The van der Waals surface area contributed by atoms with Crippen LogP contribution in [0.5, 0.6) is 0 Å². The van der Waals surface area contributed by atoms with Crippen LogP contribution in [0, 0.1) is 13.8 Å². The van der Waals surface area contributed by atoms with Gasteiger partial charge in [0.1, 0.15) is 0 Å². The second-order valence-corrected chi connectivity index (χ2v) is 6.77. The first-order valence-electron chi connectivity index (χ1n) is 8.20. The zero-order valence-electron chi connectivity index (χ0n) is 14.6. The molecule has 0 atom stereocenters. The molecule has 24 heavy (non-hydrogen) atoms. The van der Waals surface area contributed by atoms with Gasteiger partial charge in [-0.05, 0) is 56.1 Å². The molecule has 0 aliphatic heterocycles. The van der Waals surface area contributed by atoms with Gasteiger partial charge in [0.15, 0.2) is 0 Å². The molecule has 1 amide bonds. The van der Waals surface area contributed by atoms with Crippen LogP contribution >= 0.6 is 11.6 Å². The van der Waals surface area contributed by atoms with E-state index in [4.69, 9.17) is 11.6 Å². The summed E-state index contributed by atoms with van der Waals surface area (Å²) in [6.45, 7) is 5.99. The minimum absolute atomic E-state index is 0.0456. The molecule has 2 aromatic rings. The number of nitrogens with zero attached hydrogens (tertiary/aromatic N) is 1. The second-order valence-electron chi connectivity index (χ2n) is 6.33. The highest BCUT2D eigenvalue weighted by atomic mass is 35.5. The molecule has 128 valence electrons. The van der Waals surface area contributed by atoms with E-state index in [9.17, 15) is 4.79 Å². The number of amides is 1. The van der Waals surface area contributed by atoms with Crippen molar-refractivity contribution in [2.24, 2.45) is 0 Å². The lowest BCUT2D eigenvalue weighted by atomic mass is 10.1. The fourth-order valence-electron chi connectivity index (χ4n) is 2.71. The molecule has 0 aliphatic rings. The van der Waals surface area contributed by atoms with Crippen LogP contribution in [0.1, 0.15) is 22.3 Å². The summed E-state index contributed by atoms with van der Waals surface area (Å²) in [5.41, 5.74) is 4.92. The van der Waals surface area contributed by atoms with Crippen LogP contribution in [0.15, 0.2) is 42.5 Å². The molecule has 2 aromatic carbocycles. The van der Waals surface area contributed by atoms with Gasteiger partial charge >= 0.3 is 0 Å². The molecule has 0 saturated carbocycles. The summed E-state index contributed by atoms with van der Waals surface area (Å²) >= 11 is 5.96. The molecule has 0 aromatic heterocycles. The molecule has 0 radical (unpaired) electrons. The van der Waals surface area contributed by atoms with Gasteiger partial charge in [0.2, 0.25) is 5.91 Å². The molecule has 0 unspecified atom stereocenters. The number of hydrogen-bond donors (Lipinski definition) is 1. The van der Waals surface area contributed by atoms with E-state index in [0.29, 0.717) is 13.1 Å². The van der Waals surface area contributed by atoms with Crippen molar-refractivity contribution in [1.29, 1.82) is 0 Å². The number of benzene rings is 2. The predicted molar refractivity (Wildman–Crippen MR) is 100 cm³/mol. The van der Waals surface area contributed by atoms with E-state index in [-0.39, 0.29) is 5.91 Å². The number of aryl methyl sites for hydroxylation is 2. The largest absolute Gasteiger partial charge is 0.355 e. The Morgan fingerprint density at radius 2 is 1.96 bits per heavy atom. The maximum atomic E-state index is 12.1. The third kappa shape index (κ3) is 5.99. The van der Waals surface area contributed by atoms with Crippen LogP contribution < -0.4 is 5.32 Å². The van der Waals surface area contributed by atoms with E-state index in [0.717, 1.165) is 23.6 Å². The van der Waals surface area contributed by atoms with Crippen LogP contribution in [-0.2, 0) is 17.8 Å². The average molecular weight is 345 g/mol. The van der Waals surface area contributed by atoms with Crippen molar-refractivity contribution >= 4 is 17.5 Å². The molecule has 0 heterocycles. The number of rotatable bonds is 7. The van der Waals surface area contributed by atoms with Crippen molar-refractivity contribution < 1.29 is 4.79 Å². The number of carbonyl (C=O) groups excluding carboxylic acids is 1. The summed E-state index contributed by atoms with van der Waals surface area (Å²) in [5, 5.41) is 3.70. The van der Waals surface area contributed by atoms with Crippen LogP contribution in [0.3, 0.4) is 0 Å². The molecule has 0 bridgehead atoms. The Kier molecular flexibility index (Phi) is 6.83. The normalized spacial score (nSPS) is 10.9. The highest BCUT2D eigenvalue weighted by Crippen LogP contribution is 2.12. The van der Waals surface area contributed by atoms with Gasteiger partial charge in [0, 0.05) is 18.1 Å². The van der Waals surface area contributed by atoms with Crippen molar-refractivity contribution in [3.05, 3.63) is 69.7 Å². The number of halogens is 1. The first-order chi connectivity index (χ1) is 11.4. The third-order valence-corrected chi connectivity index (χ3v) is 4.21. The summed E-state index contributed by atoms with van der Waals surface area (Å²) in [7, 11) is 1.97. The SMILES string of the molecule is Cc1ccc(CN(C)CC(=O)NCCc2cccc(Cl)c2)c(C)c1. The van der Waals surface area contributed by atoms with Crippen LogP contribution in [0.2, 0.25) is 5.02 Å². The maximum absolute atomic E-state index is 12.1. The van der Waals surface area contributed by atoms with Gasteiger partial charge in [-0.3, -0.25) is 9.69 Å². The topological polar surface area (TPSA) is 32.3 Å². The number of nitrogens with one attached hydrogen (secondary N) is 1. The van der Waals surface area contributed by atoms with Crippen LogP contribution in [0.4, 0.5) is 0 Å². The standard InChI is InChI=1S/C20H25ClN2O/c1-15-7-8-18(16(2)11-15)13-23(3)14-20(24)22-10-9-17-5-4-6-19(21)12-17/h4-8,11-12H,9-10,13-14H2,1-3H3,(H,22,24). The Balaban J connectivity index is 1.75. The van der Waals surface area contributed by atoms with E-state index in [1.54, 1.807) is 0 Å². The summed E-state index contributed by atoms with van der Waals surface area (Å²) < 4.78 is 0. The minimum Gasteiger partial charge on any atom is -0.355 e. The predicted octanol–water partition coefficient (Wildman–Crippen LogP) is 3.75. The zero-order chi connectivity index (χ0) is 17.5. The lowest BCUT2D eigenvalue weighted by Gasteiger charge is -2.18. The van der Waals surface area contributed by atoms with Crippen LogP contribution in [-0.4, -0.2) is 30.9 Å². The highest BCUT2D eigenvalue weighted by molar-refractivity contribution is 6.30. The molecule has 0 aliphatic carbocycles. The van der Waals surface area contributed by atoms with E-state index in [1.165, 1.54) is 16.7 Å². The van der Waals surface area contributed by atoms with Gasteiger partial charge in [-0.1, -0.05) is 47.5 Å². The Labute approximate surface area is 149 Å². The van der Waals surface area contributed by atoms with Gasteiger partial charge in [-0.15, -0.1) is 0 Å². The molecule has 0 fully saturated rings. The van der Waals surface area contributed by atoms with Gasteiger partial charge in [-0.25, -0.2) is 0 Å². The Bertz CT molecular complexity index is 700. The van der Waals surface area contributed by atoms with Crippen molar-refractivity contribution in [3.63, 3.8) is 0 Å². The number of likely N-dealkylation sites (N-methyl/N-ethyl adjacent to an activating group) is 1. The van der Waals surface area contributed by atoms with Gasteiger partial charge in [0.05, 0.1) is 6.54 Å². The Morgan fingerprint density at radius 1 is 1.17 bits per heavy atom. The fraction of sp³-hybridized carbons (Fsp3) is 0.350. The lowest BCUT2D eigenvalue weighted by Crippen LogP contribution is -2.35. The molecule has 1 N–H and O–H groups in total.